The first-order valence-corrected chi connectivity index (χ1v) is 37.7. The van der Waals surface area contributed by atoms with E-state index >= 15 is 0 Å². The molecule has 3 unspecified atom stereocenters. The molecule has 0 heterocycles. The highest BCUT2D eigenvalue weighted by Crippen LogP contribution is 2.38. The van der Waals surface area contributed by atoms with E-state index in [9.17, 15) is 19.4 Å². The van der Waals surface area contributed by atoms with Crippen LogP contribution in [0.15, 0.2) is 109 Å². The van der Waals surface area contributed by atoms with Crippen molar-refractivity contribution in [1.29, 1.82) is 0 Å². The summed E-state index contributed by atoms with van der Waals surface area (Å²) in [4.78, 5) is 25.6. The average molecular weight is 1220 g/mol. The number of phosphoric ester groups is 1. The number of nitrogens with zero attached hydrogens (tertiary/aromatic N) is 1. The van der Waals surface area contributed by atoms with Gasteiger partial charge in [-0.05, 0) is 96.3 Å². The topological polar surface area (TPSA) is 108 Å². The molecule has 0 saturated carbocycles. The van der Waals surface area contributed by atoms with Crippen LogP contribution in [0, 0.1) is 0 Å². The van der Waals surface area contributed by atoms with Crippen LogP contribution < -0.4 is 10.2 Å². The van der Waals surface area contributed by atoms with Crippen molar-refractivity contribution in [1.82, 2.24) is 5.32 Å². The Morgan fingerprint density at radius 2 is 0.721 bits per heavy atom. The number of hydrogen-bond acceptors (Lipinski definition) is 6. The Labute approximate surface area is 533 Å². The molecule has 0 rings (SSSR count). The molecule has 0 aliphatic rings. The molecule has 2 N–H and O–H groups in total. The van der Waals surface area contributed by atoms with Crippen molar-refractivity contribution >= 4 is 13.7 Å². The second kappa shape index (κ2) is 66.6. The monoisotopic (exact) mass is 1220 g/mol. The molecule has 0 radical (unpaired) electrons. The van der Waals surface area contributed by atoms with E-state index in [1.165, 1.54) is 218 Å². The Morgan fingerprint density at radius 1 is 0.419 bits per heavy atom. The fraction of sp³-hybridized carbons (Fsp3) is 0.753. The molecule has 9 heteroatoms. The van der Waals surface area contributed by atoms with Crippen molar-refractivity contribution in [3.05, 3.63) is 109 Å². The third-order valence-corrected chi connectivity index (χ3v) is 16.9. The van der Waals surface area contributed by atoms with Gasteiger partial charge >= 0.3 is 0 Å². The number of allylic oxidation sites excluding steroid dienone is 17. The second-order valence-electron chi connectivity index (χ2n) is 25.5. The standard InChI is InChI=1S/C77H139N2O6P/c1-6-8-10-12-14-16-18-20-22-24-26-28-30-32-34-36-38-39-41-43-45-47-49-51-53-55-57-59-61-63-65-67-69-71-77(81)78-75(74-85-86(82,83)84-73-72-79(3,4)5)76(80)70-68-66-64-62-60-58-56-54-52-50-48-46-44-42-40-37-35-33-31-29-27-25-23-21-19-17-15-13-11-9-7-2/h8,10,14,16,20,22,26,28,32,34,38-39,52,54,60,62,68,70,75-76,80H,6-7,9,11-13,15,17-19,21,23-25,27,29-31,33,35-37,40-51,53,55-59,61,63-67,69,71-74H2,1-5H3,(H-,78,81,82,83)/b10-8-,16-14-,22-20-,28-26-,34-32-,39-38-,54-52+,62-60+,70-68+. The van der Waals surface area contributed by atoms with Crippen molar-refractivity contribution in [2.75, 3.05) is 40.9 Å². The van der Waals surface area contributed by atoms with E-state index in [1.54, 1.807) is 6.08 Å². The lowest BCUT2D eigenvalue weighted by Crippen LogP contribution is -2.45. The molecule has 0 aromatic heterocycles. The molecule has 8 nitrogen and oxygen atoms in total. The van der Waals surface area contributed by atoms with Crippen LogP contribution in [0.4, 0.5) is 0 Å². The maximum absolute atomic E-state index is 13.0. The van der Waals surface area contributed by atoms with Crippen molar-refractivity contribution < 1.29 is 32.9 Å². The molecule has 0 aromatic rings. The van der Waals surface area contributed by atoms with Gasteiger partial charge in [0, 0.05) is 6.42 Å². The number of likely N-dealkylation sites (N-methyl/N-ethyl adjacent to an activating group) is 1. The Balaban J connectivity index is 4.13. The minimum atomic E-state index is -4.62. The highest BCUT2D eigenvalue weighted by molar-refractivity contribution is 7.45. The minimum absolute atomic E-state index is 0.0129. The Bertz CT molecular complexity index is 1770. The van der Waals surface area contributed by atoms with Gasteiger partial charge in [0.15, 0.2) is 0 Å². The molecular formula is C77H139N2O6P. The maximum Gasteiger partial charge on any atom is 0.268 e. The smallest absolute Gasteiger partial charge is 0.268 e. The number of unbranched alkanes of at least 4 members (excludes halogenated alkanes) is 37. The Kier molecular flexibility index (Phi) is 64.4. The predicted octanol–water partition coefficient (Wildman–Crippen LogP) is 22.8. The summed E-state index contributed by atoms with van der Waals surface area (Å²) in [5, 5.41) is 13.9. The second-order valence-corrected chi connectivity index (χ2v) is 27.0. The van der Waals surface area contributed by atoms with Crippen LogP contribution in [0.25, 0.3) is 0 Å². The van der Waals surface area contributed by atoms with E-state index in [-0.39, 0.29) is 12.5 Å². The number of rotatable bonds is 66. The molecule has 0 saturated heterocycles. The van der Waals surface area contributed by atoms with Crippen molar-refractivity contribution in [3.63, 3.8) is 0 Å². The summed E-state index contributed by atoms with van der Waals surface area (Å²) in [6.07, 6.45) is 98.0. The third-order valence-electron chi connectivity index (χ3n) is 15.9. The molecule has 0 aliphatic heterocycles. The van der Waals surface area contributed by atoms with Crippen molar-refractivity contribution in [2.45, 2.75) is 334 Å². The number of quaternary nitrogens is 1. The first-order valence-electron chi connectivity index (χ1n) is 36.2. The molecule has 0 bridgehead atoms. The highest BCUT2D eigenvalue weighted by Gasteiger charge is 2.23. The van der Waals surface area contributed by atoms with Crippen LogP contribution >= 0.6 is 7.82 Å². The largest absolute Gasteiger partial charge is 0.756 e. The average Bonchev–Trinajstić information content (AvgIpc) is 3.70. The zero-order valence-electron chi connectivity index (χ0n) is 57.0. The quantitative estimate of drug-likeness (QED) is 0.0272. The number of amides is 1. The zero-order valence-corrected chi connectivity index (χ0v) is 57.9. The van der Waals surface area contributed by atoms with Gasteiger partial charge in [0.2, 0.25) is 5.91 Å². The molecule has 0 aromatic carbocycles. The number of carbonyl (C=O) groups excluding carboxylic acids is 1. The number of nitrogens with one attached hydrogen (secondary N) is 1. The van der Waals surface area contributed by atoms with Gasteiger partial charge in [-0.1, -0.05) is 329 Å². The van der Waals surface area contributed by atoms with Crippen LogP contribution in [-0.2, 0) is 18.4 Å². The van der Waals surface area contributed by atoms with E-state index in [0.29, 0.717) is 17.4 Å². The zero-order chi connectivity index (χ0) is 62.6. The number of hydrogen-bond donors (Lipinski definition) is 2. The van der Waals surface area contributed by atoms with Gasteiger partial charge in [-0.2, -0.15) is 0 Å². The molecule has 0 spiro atoms. The van der Waals surface area contributed by atoms with Crippen molar-refractivity contribution in [3.8, 4) is 0 Å². The summed E-state index contributed by atoms with van der Waals surface area (Å²) in [6, 6.07) is -0.919. The number of aliphatic hydroxyl groups excluding tert-OH is 1. The highest BCUT2D eigenvalue weighted by atomic mass is 31.2. The lowest BCUT2D eigenvalue weighted by molar-refractivity contribution is -0.870. The summed E-state index contributed by atoms with van der Waals surface area (Å²) in [5.41, 5.74) is 0. The van der Waals surface area contributed by atoms with Crippen LogP contribution in [-0.4, -0.2) is 68.5 Å². The normalized spacial score (nSPS) is 14.3. The van der Waals surface area contributed by atoms with Crippen molar-refractivity contribution in [2.24, 2.45) is 0 Å². The summed E-state index contributed by atoms with van der Waals surface area (Å²) >= 11 is 0. The molecule has 3 atom stereocenters. The molecule has 498 valence electrons. The van der Waals surface area contributed by atoms with Crippen LogP contribution in [0.3, 0.4) is 0 Å². The molecular weight excluding hydrogens is 1080 g/mol. The summed E-state index contributed by atoms with van der Waals surface area (Å²) in [7, 11) is 1.23. The Morgan fingerprint density at radius 3 is 1.08 bits per heavy atom. The first-order chi connectivity index (χ1) is 42.0. The first kappa shape index (κ1) is 83.2. The van der Waals surface area contributed by atoms with E-state index in [1.807, 2.05) is 27.2 Å². The van der Waals surface area contributed by atoms with E-state index in [4.69, 9.17) is 9.05 Å². The lowest BCUT2D eigenvalue weighted by atomic mass is 10.0. The predicted molar refractivity (Wildman–Crippen MR) is 376 cm³/mol. The van der Waals surface area contributed by atoms with Crippen LogP contribution in [0.1, 0.15) is 322 Å². The number of aliphatic hydroxyl groups is 1. The van der Waals surface area contributed by atoms with Crippen LogP contribution in [0.5, 0.6) is 0 Å². The SMILES string of the molecule is CC/C=C\C/C=C\C/C=C\C/C=C\C/C=C\C/C=C\CCCCCCCCCCCCCCCCC(=O)NC(COP(=O)([O-])OCC[N+](C)(C)C)C(O)/C=C/CC/C=C/CC/C=C/CCCCCCCCCCCCCCCCCCCCCCC. The maximum atomic E-state index is 13.0. The fourth-order valence-corrected chi connectivity index (χ4v) is 11.1. The minimum Gasteiger partial charge on any atom is -0.756 e. The van der Waals surface area contributed by atoms with Gasteiger partial charge in [-0.15, -0.1) is 0 Å². The van der Waals surface area contributed by atoms with Gasteiger partial charge < -0.3 is 28.8 Å². The summed E-state index contributed by atoms with van der Waals surface area (Å²) in [6.45, 7) is 4.53. The fourth-order valence-electron chi connectivity index (χ4n) is 10.4. The van der Waals surface area contributed by atoms with Gasteiger partial charge in [0.05, 0.1) is 39.9 Å². The molecule has 0 aliphatic carbocycles. The number of phosphoric acid groups is 1. The molecule has 1 amide bonds. The van der Waals surface area contributed by atoms with Gasteiger partial charge in [-0.3, -0.25) is 9.36 Å². The van der Waals surface area contributed by atoms with Gasteiger partial charge in [-0.25, -0.2) is 0 Å². The van der Waals surface area contributed by atoms with E-state index < -0.39 is 26.6 Å². The third kappa shape index (κ3) is 68.6. The lowest BCUT2D eigenvalue weighted by Gasteiger charge is -2.29. The number of carbonyl (C=O) groups is 1. The van der Waals surface area contributed by atoms with E-state index in [2.05, 4.69) is 116 Å². The summed E-state index contributed by atoms with van der Waals surface area (Å²) in [5.74, 6) is -0.213. The molecule has 86 heavy (non-hydrogen) atoms. The Hall–Kier alpha value is -2.84. The van der Waals surface area contributed by atoms with E-state index in [0.717, 1.165) is 83.5 Å². The summed E-state index contributed by atoms with van der Waals surface area (Å²) < 4.78 is 23.4. The molecule has 0 fully saturated rings. The van der Waals surface area contributed by atoms with Gasteiger partial charge in [0.25, 0.3) is 7.82 Å². The van der Waals surface area contributed by atoms with Crippen LogP contribution in [0.2, 0.25) is 0 Å². The van der Waals surface area contributed by atoms with Gasteiger partial charge in [0.1, 0.15) is 13.2 Å².